The van der Waals surface area contributed by atoms with E-state index in [4.69, 9.17) is 4.74 Å². The highest BCUT2D eigenvalue weighted by Crippen LogP contribution is 2.31. The molecule has 1 aliphatic heterocycles. The molecule has 1 N–H and O–H groups in total. The van der Waals surface area contributed by atoms with Crippen LogP contribution in [-0.2, 0) is 4.79 Å². The van der Waals surface area contributed by atoms with E-state index in [1.807, 2.05) is 6.92 Å². The van der Waals surface area contributed by atoms with E-state index in [1.165, 1.54) is 4.57 Å². The number of rotatable bonds is 4. The number of halogens is 1. The summed E-state index contributed by atoms with van der Waals surface area (Å²) in [5.74, 6) is -0.0822. The molecule has 0 saturated heterocycles. The molecule has 0 saturated carbocycles. The van der Waals surface area contributed by atoms with Crippen LogP contribution < -0.4 is 20.2 Å². The smallest absolute Gasteiger partial charge is 0.315 e. The fourth-order valence-electron chi connectivity index (χ4n) is 2.92. The molecule has 0 spiro atoms. The summed E-state index contributed by atoms with van der Waals surface area (Å²) in [5.41, 5.74) is 0.719. The number of thiazole rings is 1. The highest BCUT2D eigenvalue weighted by atomic mass is 79.9. The molecular weight excluding hydrogens is 432 g/mol. The largest absolute Gasteiger partial charge is 0.494 e. The fraction of sp³-hybridized carbons (Fsp3) is 0.105. The predicted octanol–water partition coefficient (Wildman–Crippen LogP) is 2.12. The lowest BCUT2D eigenvalue weighted by molar-refractivity contribution is -0.112. The van der Waals surface area contributed by atoms with Gasteiger partial charge < -0.3 is 9.84 Å². The van der Waals surface area contributed by atoms with Crippen molar-refractivity contribution in [2.24, 2.45) is 4.99 Å². The van der Waals surface area contributed by atoms with Crippen molar-refractivity contribution in [1.29, 1.82) is 0 Å². The highest BCUT2D eigenvalue weighted by molar-refractivity contribution is 9.10. The first kappa shape index (κ1) is 17.7. The number of aromatic nitrogens is 1. The summed E-state index contributed by atoms with van der Waals surface area (Å²) in [7, 11) is 0. The van der Waals surface area contributed by atoms with E-state index in [-0.39, 0.29) is 16.3 Å². The van der Waals surface area contributed by atoms with Crippen LogP contribution in [0.4, 0.5) is 0 Å². The van der Waals surface area contributed by atoms with E-state index in [2.05, 4.69) is 20.9 Å². The zero-order valence-corrected chi connectivity index (χ0v) is 16.5. The third kappa shape index (κ3) is 3.00. The van der Waals surface area contributed by atoms with Gasteiger partial charge in [-0.1, -0.05) is 27.3 Å². The maximum atomic E-state index is 12.5. The summed E-state index contributed by atoms with van der Waals surface area (Å²) in [4.78, 5) is 28.8. The van der Waals surface area contributed by atoms with Gasteiger partial charge in [-0.25, -0.2) is 9.56 Å². The van der Waals surface area contributed by atoms with Crippen molar-refractivity contribution < 1.29 is 14.6 Å². The van der Waals surface area contributed by atoms with E-state index in [0.717, 1.165) is 15.8 Å². The van der Waals surface area contributed by atoms with Crippen molar-refractivity contribution in [1.82, 2.24) is 4.57 Å². The third-order valence-electron chi connectivity index (χ3n) is 4.08. The van der Waals surface area contributed by atoms with Gasteiger partial charge in [0, 0.05) is 9.69 Å². The maximum absolute atomic E-state index is 12.5. The predicted molar refractivity (Wildman–Crippen MR) is 105 cm³/mol. The Kier molecular flexibility index (Phi) is 4.45. The second-order valence-corrected chi connectivity index (χ2v) is 7.61. The van der Waals surface area contributed by atoms with Crippen molar-refractivity contribution in [3.63, 3.8) is 0 Å². The number of nitrogens with zero attached hydrogens (tertiary/aromatic N) is 2. The van der Waals surface area contributed by atoms with E-state index < -0.39 is 10.8 Å². The molecule has 2 aromatic carbocycles. The van der Waals surface area contributed by atoms with Gasteiger partial charge in [-0.05, 0) is 49.4 Å². The van der Waals surface area contributed by atoms with Crippen LogP contribution in [0.1, 0.15) is 11.8 Å². The molecule has 2 heterocycles. The van der Waals surface area contributed by atoms with Gasteiger partial charge in [0.15, 0.2) is 0 Å². The number of aromatic hydroxyl groups is 1. The molecule has 1 amide bonds. The van der Waals surface area contributed by atoms with Crippen LogP contribution in [0.2, 0.25) is 0 Å². The Morgan fingerprint density at radius 2 is 1.93 bits per heavy atom. The zero-order chi connectivity index (χ0) is 19.1. The zero-order valence-electron chi connectivity index (χ0n) is 14.1. The molecule has 8 heteroatoms. The normalized spacial score (nSPS) is 12.8. The number of carbonyl (C=O) groups excluding carboxylic acids is 1. The average Bonchev–Trinajstić information content (AvgIpc) is 3.11. The first-order valence-electron chi connectivity index (χ1n) is 8.11. The van der Waals surface area contributed by atoms with Crippen LogP contribution in [0, 0.1) is 0 Å². The quantitative estimate of drug-likeness (QED) is 0.668. The van der Waals surface area contributed by atoms with Crippen LogP contribution in [-0.4, -0.2) is 22.2 Å². The number of fused-ring (bicyclic) bond motifs is 1. The van der Waals surface area contributed by atoms with E-state index >= 15 is 0 Å². The van der Waals surface area contributed by atoms with Crippen molar-refractivity contribution in [3.8, 4) is 17.3 Å². The second-order valence-electron chi connectivity index (χ2n) is 5.74. The third-order valence-corrected chi connectivity index (χ3v) is 5.52. The molecule has 1 aliphatic rings. The number of hydrogen-bond acceptors (Lipinski definition) is 5. The van der Waals surface area contributed by atoms with Gasteiger partial charge >= 0.3 is 4.87 Å². The number of carbonyl (C=O) groups is 1. The number of ether oxygens (including phenoxy) is 1. The van der Waals surface area contributed by atoms with Crippen LogP contribution in [0.3, 0.4) is 0 Å². The van der Waals surface area contributed by atoms with E-state index in [9.17, 15) is 14.7 Å². The first-order chi connectivity index (χ1) is 13.0. The Morgan fingerprint density at radius 1 is 1.19 bits per heavy atom. The topological polar surface area (TPSA) is 80.9 Å². The standard InChI is InChI=1S/C19H13BrN2O4S/c1-2-26-12-6-4-11(5-7-12)22-18(24)16(27-19(22)25)15-13-9-10(20)3-8-14(13)21-17(15)23/h3-9,24H,2H2,1H3. The fourth-order valence-corrected chi connectivity index (χ4v) is 4.22. The lowest BCUT2D eigenvalue weighted by Crippen LogP contribution is -2.22. The van der Waals surface area contributed by atoms with Crippen molar-refractivity contribution in [2.45, 2.75) is 6.92 Å². The molecule has 0 fully saturated rings. The van der Waals surface area contributed by atoms with Crippen molar-refractivity contribution in [3.05, 3.63) is 72.1 Å². The lowest BCUT2D eigenvalue weighted by atomic mass is 10.1. The van der Waals surface area contributed by atoms with Gasteiger partial charge in [0.05, 0.1) is 23.2 Å². The summed E-state index contributed by atoms with van der Waals surface area (Å²) < 4.78 is 7.35. The molecule has 27 heavy (non-hydrogen) atoms. The first-order valence-corrected chi connectivity index (χ1v) is 9.72. The monoisotopic (exact) mass is 444 g/mol. The van der Waals surface area contributed by atoms with Gasteiger partial charge in [-0.15, -0.1) is 0 Å². The Morgan fingerprint density at radius 3 is 2.63 bits per heavy atom. The summed E-state index contributed by atoms with van der Waals surface area (Å²) in [6.45, 7) is 2.42. The number of benzene rings is 2. The van der Waals surface area contributed by atoms with E-state index in [1.54, 1.807) is 42.5 Å². The van der Waals surface area contributed by atoms with Gasteiger partial charge in [-0.2, -0.15) is 0 Å². The van der Waals surface area contributed by atoms with Crippen LogP contribution in [0.25, 0.3) is 11.3 Å². The summed E-state index contributed by atoms with van der Waals surface area (Å²) >= 11 is 4.19. The van der Waals surface area contributed by atoms with Gasteiger partial charge in [0.1, 0.15) is 10.6 Å². The molecule has 3 aromatic rings. The van der Waals surface area contributed by atoms with Crippen LogP contribution in [0.15, 0.2) is 56.7 Å². The molecule has 0 bridgehead atoms. The SMILES string of the molecule is CCOc1ccc(-n2c(O)c(C3=c4cc(Br)ccc4=NC3=O)sc2=O)cc1. The molecule has 0 aliphatic carbocycles. The van der Waals surface area contributed by atoms with Crippen LogP contribution in [0.5, 0.6) is 11.6 Å². The molecule has 1 aromatic heterocycles. The highest BCUT2D eigenvalue weighted by Gasteiger charge is 2.26. The second kappa shape index (κ2) is 6.79. The van der Waals surface area contributed by atoms with Crippen molar-refractivity contribution in [2.75, 3.05) is 6.61 Å². The molecule has 4 rings (SSSR count). The Bertz CT molecular complexity index is 1240. The minimum Gasteiger partial charge on any atom is -0.494 e. The Hall–Kier alpha value is -2.71. The minimum atomic E-state index is -0.474. The molecule has 6 nitrogen and oxygen atoms in total. The lowest BCUT2D eigenvalue weighted by Gasteiger charge is -2.06. The maximum Gasteiger partial charge on any atom is 0.315 e. The van der Waals surface area contributed by atoms with E-state index in [0.29, 0.717) is 28.6 Å². The molecule has 136 valence electrons. The number of hydrogen-bond donors (Lipinski definition) is 1. The molecule has 0 unspecified atom stereocenters. The van der Waals surface area contributed by atoms with Crippen molar-refractivity contribution >= 4 is 38.7 Å². The average molecular weight is 445 g/mol. The Labute approximate surface area is 165 Å². The Balaban J connectivity index is 1.90. The van der Waals surface area contributed by atoms with Crippen LogP contribution >= 0.6 is 27.3 Å². The summed E-state index contributed by atoms with van der Waals surface area (Å²) in [6.07, 6.45) is 0. The summed E-state index contributed by atoms with van der Waals surface area (Å²) in [6, 6.07) is 12.1. The number of amides is 1. The van der Waals surface area contributed by atoms with Gasteiger partial charge in [-0.3, -0.25) is 9.59 Å². The molecular formula is C19H13BrN2O4S. The van der Waals surface area contributed by atoms with Gasteiger partial charge in [0.2, 0.25) is 5.88 Å². The summed E-state index contributed by atoms with van der Waals surface area (Å²) in [5, 5.41) is 11.8. The van der Waals surface area contributed by atoms with Gasteiger partial charge in [0.25, 0.3) is 5.91 Å². The molecule has 0 radical (unpaired) electrons. The minimum absolute atomic E-state index is 0.208. The molecule has 0 atom stereocenters.